The van der Waals surface area contributed by atoms with Crippen molar-refractivity contribution >= 4 is 41.7 Å². The minimum absolute atomic E-state index is 0.363. The molecule has 6 N–H and O–H groups in total. The van der Waals surface area contributed by atoms with Crippen molar-refractivity contribution in [3.63, 3.8) is 0 Å². The molecule has 0 heterocycles. The van der Waals surface area contributed by atoms with E-state index in [9.17, 15) is 9.59 Å². The summed E-state index contributed by atoms with van der Waals surface area (Å²) in [5, 5.41) is 6.32. The van der Waals surface area contributed by atoms with Gasteiger partial charge in [0.1, 0.15) is 17.7 Å². The number of benzene rings is 2. The molecule has 2 rings (SSSR count). The Balaban J connectivity index is 2.11. The largest absolute Gasteiger partial charge is 0.494 e. The van der Waals surface area contributed by atoms with Gasteiger partial charge in [0, 0.05) is 24.2 Å². The first kappa shape index (κ1) is 23.4. The molecule has 1 amide bonds. The SMILES string of the molecule is C=Nc1cc(C=O)cc(OC)c1N(C/C=C/CNc1ccc(C(N)=O)cc1N)CNC. The van der Waals surface area contributed by atoms with Gasteiger partial charge in [-0.3, -0.25) is 14.6 Å². The fraction of sp³-hybridized carbons (Fsp3) is 0.227. The van der Waals surface area contributed by atoms with E-state index < -0.39 is 5.91 Å². The van der Waals surface area contributed by atoms with Crippen LogP contribution in [0.4, 0.5) is 22.7 Å². The second-order valence-electron chi connectivity index (χ2n) is 6.62. The Kier molecular flexibility index (Phi) is 8.59. The topological polar surface area (TPSA) is 135 Å². The minimum Gasteiger partial charge on any atom is -0.494 e. The average molecular weight is 425 g/mol. The van der Waals surface area contributed by atoms with Crippen molar-refractivity contribution in [3.05, 3.63) is 53.6 Å². The molecule has 0 saturated heterocycles. The Hall–Kier alpha value is -3.85. The van der Waals surface area contributed by atoms with Crippen LogP contribution < -0.4 is 31.7 Å². The Morgan fingerprint density at radius 1 is 1.29 bits per heavy atom. The minimum atomic E-state index is -0.521. The van der Waals surface area contributed by atoms with Crippen LogP contribution >= 0.6 is 0 Å². The number of rotatable bonds is 12. The van der Waals surface area contributed by atoms with E-state index in [-0.39, 0.29) is 0 Å². The van der Waals surface area contributed by atoms with E-state index in [2.05, 4.69) is 22.3 Å². The number of nitrogens with one attached hydrogen (secondary N) is 2. The van der Waals surface area contributed by atoms with Crippen LogP contribution in [0.3, 0.4) is 0 Å². The van der Waals surface area contributed by atoms with Crippen LogP contribution in [0.5, 0.6) is 5.75 Å². The van der Waals surface area contributed by atoms with E-state index in [4.69, 9.17) is 16.2 Å². The van der Waals surface area contributed by atoms with E-state index in [0.717, 1.165) is 12.0 Å². The molecule has 164 valence electrons. The third-order valence-corrected chi connectivity index (χ3v) is 4.51. The number of nitrogen functional groups attached to an aromatic ring is 1. The highest BCUT2D eigenvalue weighted by Crippen LogP contribution is 2.38. The van der Waals surface area contributed by atoms with Crippen LogP contribution in [0, 0.1) is 0 Å². The normalized spacial score (nSPS) is 10.6. The fourth-order valence-electron chi connectivity index (χ4n) is 3.03. The van der Waals surface area contributed by atoms with Crippen LogP contribution in [0.1, 0.15) is 20.7 Å². The van der Waals surface area contributed by atoms with Gasteiger partial charge in [-0.05, 0) is 44.1 Å². The number of methoxy groups -OCH3 is 1. The molecule has 9 nitrogen and oxygen atoms in total. The van der Waals surface area contributed by atoms with Gasteiger partial charge in [-0.2, -0.15) is 0 Å². The smallest absolute Gasteiger partial charge is 0.248 e. The van der Waals surface area contributed by atoms with Crippen LogP contribution in [-0.4, -0.2) is 52.8 Å². The number of nitrogens with two attached hydrogens (primary N) is 2. The standard InChI is InChI=1S/C22H28N6O3/c1-25-14-28(21-19(26-2)10-15(13-29)11-20(21)31-3)9-5-4-8-27-18-7-6-16(22(24)30)12-17(18)23/h4-7,10-13,25,27H,2,8-9,14,23H2,1,3H3,(H2,24,30)/b5-4+. The van der Waals surface area contributed by atoms with Crippen molar-refractivity contribution in [1.29, 1.82) is 0 Å². The highest BCUT2D eigenvalue weighted by molar-refractivity contribution is 5.94. The summed E-state index contributed by atoms with van der Waals surface area (Å²) < 4.78 is 5.48. The maximum atomic E-state index is 11.2. The Morgan fingerprint density at radius 3 is 2.65 bits per heavy atom. The maximum Gasteiger partial charge on any atom is 0.248 e. The van der Waals surface area contributed by atoms with Crippen molar-refractivity contribution in [2.24, 2.45) is 10.7 Å². The highest BCUT2D eigenvalue weighted by Gasteiger charge is 2.17. The molecule has 9 heteroatoms. The summed E-state index contributed by atoms with van der Waals surface area (Å²) in [6.07, 6.45) is 4.69. The van der Waals surface area contributed by atoms with E-state index in [1.807, 2.05) is 24.1 Å². The molecule has 0 bridgehead atoms. The Labute approximate surface area is 181 Å². The monoisotopic (exact) mass is 424 g/mol. The molecular formula is C22H28N6O3. The van der Waals surface area contributed by atoms with Crippen molar-refractivity contribution in [1.82, 2.24) is 5.32 Å². The quantitative estimate of drug-likeness (QED) is 0.135. The lowest BCUT2D eigenvalue weighted by molar-refractivity contribution is 0.1000. The van der Waals surface area contributed by atoms with Crippen molar-refractivity contribution in [2.45, 2.75) is 0 Å². The van der Waals surface area contributed by atoms with Gasteiger partial charge in [-0.15, -0.1) is 0 Å². The molecule has 0 aliphatic carbocycles. The zero-order chi connectivity index (χ0) is 22.8. The number of aliphatic imine (C=N–C) groups is 1. The summed E-state index contributed by atoms with van der Waals surface area (Å²) in [4.78, 5) is 28.5. The third-order valence-electron chi connectivity index (χ3n) is 4.51. The van der Waals surface area contributed by atoms with Crippen LogP contribution in [0.2, 0.25) is 0 Å². The van der Waals surface area contributed by atoms with Gasteiger partial charge >= 0.3 is 0 Å². The highest BCUT2D eigenvalue weighted by atomic mass is 16.5. The summed E-state index contributed by atoms with van der Waals surface area (Å²) >= 11 is 0. The summed E-state index contributed by atoms with van der Waals surface area (Å²) in [5.74, 6) is 0.0175. The average Bonchev–Trinajstić information content (AvgIpc) is 2.77. The first-order chi connectivity index (χ1) is 14.9. The molecule has 2 aromatic rings. The number of aldehydes is 1. The summed E-state index contributed by atoms with van der Waals surface area (Å²) in [7, 11) is 3.38. The number of amides is 1. The molecule has 0 radical (unpaired) electrons. The zero-order valence-corrected chi connectivity index (χ0v) is 17.7. The second kappa shape index (κ2) is 11.4. The summed E-state index contributed by atoms with van der Waals surface area (Å²) in [6, 6.07) is 8.23. The second-order valence-corrected chi connectivity index (χ2v) is 6.62. The molecule has 0 aliphatic rings. The maximum absolute atomic E-state index is 11.2. The van der Waals surface area contributed by atoms with E-state index in [0.29, 0.717) is 53.7 Å². The number of hydrogen-bond donors (Lipinski definition) is 4. The molecule has 0 fully saturated rings. The number of ether oxygens (including phenoxy) is 1. The van der Waals surface area contributed by atoms with Crippen LogP contribution in [0.25, 0.3) is 0 Å². The lowest BCUT2D eigenvalue weighted by Gasteiger charge is -2.26. The molecule has 31 heavy (non-hydrogen) atoms. The molecule has 0 unspecified atom stereocenters. The first-order valence-electron chi connectivity index (χ1n) is 9.56. The molecule has 0 spiro atoms. The predicted octanol–water partition coefficient (Wildman–Crippen LogP) is 2.17. The van der Waals surface area contributed by atoms with Gasteiger partial charge in [-0.25, -0.2) is 0 Å². The van der Waals surface area contributed by atoms with Gasteiger partial charge in [0.2, 0.25) is 5.91 Å². The fourth-order valence-corrected chi connectivity index (χ4v) is 3.03. The van der Waals surface area contributed by atoms with Gasteiger partial charge in [0.15, 0.2) is 0 Å². The van der Waals surface area contributed by atoms with Crippen LogP contribution in [0.15, 0.2) is 47.5 Å². The van der Waals surface area contributed by atoms with Gasteiger partial charge in [-0.1, -0.05) is 12.2 Å². The number of primary amides is 1. The Bertz CT molecular complexity index is 974. The lowest BCUT2D eigenvalue weighted by atomic mass is 10.1. The molecule has 0 aromatic heterocycles. The molecule has 2 aromatic carbocycles. The number of hydrogen-bond acceptors (Lipinski definition) is 8. The zero-order valence-electron chi connectivity index (χ0n) is 17.7. The lowest BCUT2D eigenvalue weighted by Crippen LogP contribution is -2.33. The first-order valence-corrected chi connectivity index (χ1v) is 9.56. The molecule has 0 saturated carbocycles. The van der Waals surface area contributed by atoms with Crippen molar-refractivity contribution in [2.75, 3.05) is 49.9 Å². The van der Waals surface area contributed by atoms with Crippen molar-refractivity contribution < 1.29 is 14.3 Å². The van der Waals surface area contributed by atoms with Gasteiger partial charge in [0.05, 0.1) is 30.8 Å². The van der Waals surface area contributed by atoms with Crippen LogP contribution in [-0.2, 0) is 0 Å². The molecule has 0 aliphatic heterocycles. The van der Waals surface area contributed by atoms with E-state index in [1.54, 1.807) is 37.4 Å². The van der Waals surface area contributed by atoms with E-state index >= 15 is 0 Å². The van der Waals surface area contributed by atoms with E-state index in [1.165, 1.54) is 0 Å². The number of nitrogens with zero attached hydrogens (tertiary/aromatic N) is 2. The number of carbonyl (C=O) groups excluding carboxylic acids is 2. The van der Waals surface area contributed by atoms with Gasteiger partial charge < -0.3 is 31.7 Å². The summed E-state index contributed by atoms with van der Waals surface area (Å²) in [5.41, 5.74) is 14.5. The van der Waals surface area contributed by atoms with Gasteiger partial charge in [0.25, 0.3) is 0 Å². The Morgan fingerprint density at radius 2 is 2.06 bits per heavy atom. The van der Waals surface area contributed by atoms with Crippen molar-refractivity contribution in [3.8, 4) is 5.75 Å². The third kappa shape index (κ3) is 6.06. The molecular weight excluding hydrogens is 396 g/mol. The summed E-state index contributed by atoms with van der Waals surface area (Å²) in [6.45, 7) is 5.23. The molecule has 0 atom stereocenters. The number of carbonyl (C=O) groups is 2. The predicted molar refractivity (Wildman–Crippen MR) is 126 cm³/mol. The number of anilines is 3.